The largest absolute Gasteiger partial charge is 0.431 e. The Morgan fingerprint density at radius 1 is 1.40 bits per heavy atom. The van der Waals surface area contributed by atoms with Gasteiger partial charge in [0.1, 0.15) is 5.52 Å². The standard InChI is InChI=1S/C16H18N2OS/c1-2-11-7-8-12(10-17)15(9-11)20-16-18-13-5-3-4-6-14(13)19-16/h3-6,11-12,15H,2,7-9H2,1H3. The van der Waals surface area contributed by atoms with Crippen LogP contribution in [0.15, 0.2) is 33.9 Å². The third kappa shape index (κ3) is 2.69. The molecule has 20 heavy (non-hydrogen) atoms. The fraction of sp³-hybridized carbons (Fsp3) is 0.500. The monoisotopic (exact) mass is 286 g/mol. The third-order valence-electron chi connectivity index (χ3n) is 4.17. The minimum atomic E-state index is 0.123. The molecule has 3 unspecified atom stereocenters. The summed E-state index contributed by atoms with van der Waals surface area (Å²) in [4.78, 5) is 4.51. The Hall–Kier alpha value is -1.47. The molecule has 0 spiro atoms. The van der Waals surface area contributed by atoms with E-state index in [9.17, 15) is 5.26 Å². The van der Waals surface area contributed by atoms with E-state index in [1.165, 1.54) is 12.8 Å². The number of fused-ring (bicyclic) bond motifs is 1. The van der Waals surface area contributed by atoms with Crippen molar-refractivity contribution in [3.05, 3.63) is 24.3 Å². The molecule has 1 aliphatic rings. The lowest BCUT2D eigenvalue weighted by Crippen LogP contribution is -2.25. The second-order valence-electron chi connectivity index (χ2n) is 5.43. The van der Waals surface area contributed by atoms with E-state index >= 15 is 0 Å². The smallest absolute Gasteiger partial charge is 0.257 e. The van der Waals surface area contributed by atoms with Crippen molar-refractivity contribution >= 4 is 22.9 Å². The highest BCUT2D eigenvalue weighted by Gasteiger charge is 2.31. The Labute approximate surface area is 123 Å². The Morgan fingerprint density at radius 3 is 3.00 bits per heavy atom. The molecule has 1 aromatic heterocycles. The number of thioether (sulfide) groups is 1. The molecule has 1 heterocycles. The maximum absolute atomic E-state index is 9.32. The minimum Gasteiger partial charge on any atom is -0.431 e. The summed E-state index contributed by atoms with van der Waals surface area (Å²) >= 11 is 1.64. The molecule has 0 aliphatic heterocycles. The van der Waals surface area contributed by atoms with Gasteiger partial charge in [-0.25, -0.2) is 4.98 Å². The molecule has 3 atom stereocenters. The highest BCUT2D eigenvalue weighted by atomic mass is 32.2. The predicted octanol–water partition coefficient (Wildman–Crippen LogP) is 4.64. The van der Waals surface area contributed by atoms with Crippen molar-refractivity contribution < 1.29 is 4.42 Å². The summed E-state index contributed by atoms with van der Waals surface area (Å²) in [6, 6.07) is 10.3. The Balaban J connectivity index is 1.79. The Kier molecular flexibility index (Phi) is 3.98. The van der Waals surface area contributed by atoms with E-state index < -0.39 is 0 Å². The van der Waals surface area contributed by atoms with Gasteiger partial charge in [-0.3, -0.25) is 0 Å². The summed E-state index contributed by atoms with van der Waals surface area (Å²) in [6.07, 6.45) is 4.48. The quantitative estimate of drug-likeness (QED) is 0.824. The average molecular weight is 286 g/mol. The zero-order chi connectivity index (χ0) is 13.9. The number of nitrogens with zero attached hydrogens (tertiary/aromatic N) is 2. The van der Waals surface area contributed by atoms with Gasteiger partial charge in [-0.2, -0.15) is 5.26 Å². The summed E-state index contributed by atoms with van der Waals surface area (Å²) < 4.78 is 5.77. The van der Waals surface area contributed by atoms with E-state index in [2.05, 4.69) is 18.0 Å². The van der Waals surface area contributed by atoms with Gasteiger partial charge in [0.15, 0.2) is 5.58 Å². The first-order valence-electron chi connectivity index (χ1n) is 7.22. The fourth-order valence-electron chi connectivity index (χ4n) is 2.89. The summed E-state index contributed by atoms with van der Waals surface area (Å²) in [5.41, 5.74) is 1.72. The van der Waals surface area contributed by atoms with Gasteiger partial charge >= 0.3 is 0 Å². The molecular weight excluding hydrogens is 268 g/mol. The minimum absolute atomic E-state index is 0.123. The molecule has 1 aromatic carbocycles. The molecule has 2 aromatic rings. The summed E-state index contributed by atoms with van der Waals surface area (Å²) in [6.45, 7) is 2.23. The first-order chi connectivity index (χ1) is 9.80. The van der Waals surface area contributed by atoms with E-state index in [1.807, 2.05) is 24.3 Å². The van der Waals surface area contributed by atoms with Crippen LogP contribution in [0.1, 0.15) is 32.6 Å². The van der Waals surface area contributed by atoms with E-state index in [1.54, 1.807) is 11.8 Å². The second-order valence-corrected chi connectivity index (χ2v) is 6.62. The van der Waals surface area contributed by atoms with Crippen LogP contribution in [0.2, 0.25) is 0 Å². The second kappa shape index (κ2) is 5.88. The van der Waals surface area contributed by atoms with Crippen LogP contribution in [0, 0.1) is 23.2 Å². The predicted molar refractivity (Wildman–Crippen MR) is 80.4 cm³/mol. The van der Waals surface area contributed by atoms with Crippen LogP contribution >= 0.6 is 11.8 Å². The van der Waals surface area contributed by atoms with Gasteiger partial charge in [0.2, 0.25) is 0 Å². The number of hydrogen-bond donors (Lipinski definition) is 0. The van der Waals surface area contributed by atoms with E-state index in [0.717, 1.165) is 29.9 Å². The summed E-state index contributed by atoms with van der Waals surface area (Å²) in [5, 5.41) is 10.3. The van der Waals surface area contributed by atoms with Gasteiger partial charge in [-0.05, 0) is 37.3 Å². The van der Waals surface area contributed by atoms with Crippen molar-refractivity contribution in [1.29, 1.82) is 5.26 Å². The van der Waals surface area contributed by atoms with Crippen molar-refractivity contribution in [3.8, 4) is 6.07 Å². The van der Waals surface area contributed by atoms with Crippen LogP contribution in [-0.2, 0) is 0 Å². The van der Waals surface area contributed by atoms with Gasteiger partial charge < -0.3 is 4.42 Å². The van der Waals surface area contributed by atoms with Crippen molar-refractivity contribution in [1.82, 2.24) is 4.98 Å². The van der Waals surface area contributed by atoms with E-state index in [4.69, 9.17) is 4.42 Å². The van der Waals surface area contributed by atoms with Gasteiger partial charge in [0.05, 0.1) is 12.0 Å². The van der Waals surface area contributed by atoms with Gasteiger partial charge in [-0.15, -0.1) is 0 Å². The Bertz CT molecular complexity index is 598. The zero-order valence-corrected chi connectivity index (χ0v) is 12.4. The molecule has 3 nitrogen and oxygen atoms in total. The highest BCUT2D eigenvalue weighted by Crippen LogP contribution is 2.40. The lowest BCUT2D eigenvalue weighted by molar-refractivity contribution is 0.315. The fourth-order valence-corrected chi connectivity index (χ4v) is 4.17. The molecule has 1 saturated carbocycles. The molecule has 0 amide bonds. The first-order valence-corrected chi connectivity index (χ1v) is 8.10. The first kappa shape index (κ1) is 13.5. The van der Waals surface area contributed by atoms with Crippen LogP contribution in [0.3, 0.4) is 0 Å². The molecule has 0 radical (unpaired) electrons. The number of aromatic nitrogens is 1. The molecule has 1 fully saturated rings. The number of benzene rings is 1. The van der Waals surface area contributed by atoms with Gasteiger partial charge in [0, 0.05) is 5.25 Å². The molecular formula is C16H18N2OS. The van der Waals surface area contributed by atoms with Crippen LogP contribution in [0.4, 0.5) is 0 Å². The molecule has 0 saturated heterocycles. The van der Waals surface area contributed by atoms with E-state index in [-0.39, 0.29) is 5.92 Å². The topological polar surface area (TPSA) is 49.8 Å². The van der Waals surface area contributed by atoms with E-state index in [0.29, 0.717) is 10.5 Å². The maximum Gasteiger partial charge on any atom is 0.257 e. The van der Waals surface area contributed by atoms with Crippen molar-refractivity contribution in [2.75, 3.05) is 0 Å². The number of para-hydroxylation sites is 2. The third-order valence-corrected chi connectivity index (χ3v) is 5.37. The SMILES string of the molecule is CCC1CCC(C#N)C(Sc2nc3ccccc3o2)C1. The number of hydrogen-bond acceptors (Lipinski definition) is 4. The molecule has 4 heteroatoms. The van der Waals surface area contributed by atoms with Gasteiger partial charge in [-0.1, -0.05) is 37.2 Å². The van der Waals surface area contributed by atoms with Crippen LogP contribution in [0.25, 0.3) is 11.1 Å². The molecule has 1 aliphatic carbocycles. The number of nitriles is 1. The maximum atomic E-state index is 9.32. The molecule has 104 valence electrons. The lowest BCUT2D eigenvalue weighted by atomic mass is 9.81. The van der Waals surface area contributed by atoms with Crippen molar-refractivity contribution in [2.45, 2.75) is 43.1 Å². The molecule has 0 bridgehead atoms. The summed E-state index contributed by atoms with van der Waals surface area (Å²) in [7, 11) is 0. The van der Waals surface area contributed by atoms with Crippen molar-refractivity contribution in [2.24, 2.45) is 11.8 Å². The van der Waals surface area contributed by atoms with Crippen molar-refractivity contribution in [3.63, 3.8) is 0 Å². The number of rotatable bonds is 3. The highest BCUT2D eigenvalue weighted by molar-refractivity contribution is 7.99. The molecule has 0 N–H and O–H groups in total. The summed E-state index contributed by atoms with van der Waals surface area (Å²) in [5.74, 6) is 0.860. The zero-order valence-electron chi connectivity index (χ0n) is 11.6. The van der Waals surface area contributed by atoms with Crippen LogP contribution in [-0.4, -0.2) is 10.2 Å². The van der Waals surface area contributed by atoms with Crippen LogP contribution in [0.5, 0.6) is 0 Å². The average Bonchev–Trinajstić information content (AvgIpc) is 2.89. The number of oxazole rings is 1. The molecule has 3 rings (SSSR count). The lowest BCUT2D eigenvalue weighted by Gasteiger charge is -2.30. The Morgan fingerprint density at radius 2 is 2.25 bits per heavy atom. The normalized spacial score (nSPS) is 26.5. The van der Waals surface area contributed by atoms with Crippen LogP contribution < -0.4 is 0 Å². The van der Waals surface area contributed by atoms with Gasteiger partial charge in [0.25, 0.3) is 5.22 Å².